The van der Waals surface area contributed by atoms with E-state index in [1.165, 1.54) is 0 Å². The first-order valence-corrected chi connectivity index (χ1v) is 4.75. The molecule has 0 aromatic carbocycles. The molecule has 0 bridgehead atoms. The minimum absolute atomic E-state index is 0.274. The molecule has 2 amide bonds. The van der Waals surface area contributed by atoms with Gasteiger partial charge in [0.2, 0.25) is 0 Å². The number of nitrogens with one attached hydrogen (secondary N) is 1. The van der Waals surface area contributed by atoms with Gasteiger partial charge in [-0.2, -0.15) is 0 Å². The number of carbonyl (C=O) groups excluding carboxylic acids is 1. The van der Waals surface area contributed by atoms with Crippen LogP contribution in [0, 0.1) is 11.8 Å². The number of hydrogen-bond donors (Lipinski definition) is 2. The average Bonchev–Trinajstić information content (AvgIpc) is 2.43. The van der Waals surface area contributed by atoms with Crippen LogP contribution in [0.4, 0.5) is 4.79 Å². The number of nitrogens with zero attached hydrogens (tertiary/aromatic N) is 1. The van der Waals surface area contributed by atoms with Gasteiger partial charge in [0.15, 0.2) is 0 Å². The van der Waals surface area contributed by atoms with Crippen molar-refractivity contribution in [3.05, 3.63) is 0 Å². The third-order valence-electron chi connectivity index (χ3n) is 2.67. The van der Waals surface area contributed by atoms with Crippen LogP contribution in [0.2, 0.25) is 0 Å². The van der Waals surface area contributed by atoms with Crippen molar-refractivity contribution in [2.75, 3.05) is 19.6 Å². The number of carboxylic acid groups (broad SMARTS) is 1. The monoisotopic (exact) mass is 200 g/mol. The highest BCUT2D eigenvalue weighted by atomic mass is 16.4. The van der Waals surface area contributed by atoms with E-state index < -0.39 is 5.97 Å². The van der Waals surface area contributed by atoms with Crippen LogP contribution < -0.4 is 5.32 Å². The molecule has 14 heavy (non-hydrogen) atoms. The van der Waals surface area contributed by atoms with E-state index in [-0.39, 0.29) is 12.6 Å². The Labute approximate surface area is 83.1 Å². The summed E-state index contributed by atoms with van der Waals surface area (Å²) in [5.41, 5.74) is 0. The van der Waals surface area contributed by atoms with E-state index >= 15 is 0 Å². The predicted molar refractivity (Wildman–Crippen MR) is 50.9 cm³/mol. The summed E-state index contributed by atoms with van der Waals surface area (Å²) in [5.74, 6) is -0.0326. The summed E-state index contributed by atoms with van der Waals surface area (Å²) < 4.78 is 0. The summed E-state index contributed by atoms with van der Waals surface area (Å²) in [6.07, 6.45) is 0. The van der Waals surface area contributed by atoms with Crippen LogP contribution >= 0.6 is 0 Å². The second-order valence-electron chi connectivity index (χ2n) is 3.91. The maximum atomic E-state index is 11.4. The fourth-order valence-corrected chi connectivity index (χ4v) is 1.56. The fourth-order valence-electron chi connectivity index (χ4n) is 1.56. The Hall–Kier alpha value is -1.26. The number of likely N-dealkylation sites (tertiary alicyclic amines) is 1. The second kappa shape index (κ2) is 4.30. The molecule has 2 atom stereocenters. The van der Waals surface area contributed by atoms with Crippen LogP contribution in [-0.2, 0) is 4.79 Å². The Balaban J connectivity index is 2.36. The maximum absolute atomic E-state index is 11.4. The van der Waals surface area contributed by atoms with Gasteiger partial charge >= 0.3 is 12.0 Å². The van der Waals surface area contributed by atoms with Crippen molar-refractivity contribution in [3.8, 4) is 0 Å². The molecular weight excluding hydrogens is 184 g/mol. The van der Waals surface area contributed by atoms with Crippen LogP contribution in [0.1, 0.15) is 13.8 Å². The molecule has 0 aromatic heterocycles. The van der Waals surface area contributed by atoms with Gasteiger partial charge in [-0.15, -0.1) is 0 Å². The Morgan fingerprint density at radius 1 is 1.36 bits per heavy atom. The molecule has 2 N–H and O–H groups in total. The van der Waals surface area contributed by atoms with Crippen molar-refractivity contribution in [1.82, 2.24) is 10.2 Å². The van der Waals surface area contributed by atoms with Crippen LogP contribution in [-0.4, -0.2) is 41.6 Å². The van der Waals surface area contributed by atoms with Crippen LogP contribution in [0.15, 0.2) is 0 Å². The molecule has 1 aliphatic heterocycles. The number of urea groups is 1. The average molecular weight is 200 g/mol. The van der Waals surface area contributed by atoms with E-state index in [0.29, 0.717) is 24.9 Å². The zero-order chi connectivity index (χ0) is 10.7. The topological polar surface area (TPSA) is 69.6 Å². The summed E-state index contributed by atoms with van der Waals surface area (Å²) in [6.45, 7) is 5.31. The van der Waals surface area contributed by atoms with Gasteiger partial charge in [-0.1, -0.05) is 13.8 Å². The molecule has 2 unspecified atom stereocenters. The number of hydrogen-bond acceptors (Lipinski definition) is 2. The van der Waals surface area contributed by atoms with Gasteiger partial charge in [-0.3, -0.25) is 4.79 Å². The quantitative estimate of drug-likeness (QED) is 0.676. The molecule has 1 heterocycles. The molecule has 80 valence electrons. The highest BCUT2D eigenvalue weighted by Crippen LogP contribution is 2.21. The van der Waals surface area contributed by atoms with E-state index in [0.717, 1.165) is 0 Å². The smallest absolute Gasteiger partial charge is 0.323 e. The highest BCUT2D eigenvalue weighted by molar-refractivity contribution is 5.80. The van der Waals surface area contributed by atoms with Crippen molar-refractivity contribution in [3.63, 3.8) is 0 Å². The number of rotatable bonds is 2. The molecule has 1 fully saturated rings. The van der Waals surface area contributed by atoms with Crippen LogP contribution in [0.25, 0.3) is 0 Å². The van der Waals surface area contributed by atoms with Crippen LogP contribution in [0.3, 0.4) is 0 Å². The van der Waals surface area contributed by atoms with Gasteiger partial charge in [0, 0.05) is 13.1 Å². The Morgan fingerprint density at radius 3 is 2.29 bits per heavy atom. The summed E-state index contributed by atoms with van der Waals surface area (Å²) in [5, 5.41) is 10.7. The van der Waals surface area contributed by atoms with E-state index in [9.17, 15) is 9.59 Å². The number of aliphatic carboxylic acids is 1. The van der Waals surface area contributed by atoms with Crippen LogP contribution in [0.5, 0.6) is 0 Å². The van der Waals surface area contributed by atoms with E-state index in [2.05, 4.69) is 19.2 Å². The molecule has 5 heteroatoms. The minimum Gasteiger partial charge on any atom is -0.480 e. The maximum Gasteiger partial charge on any atom is 0.323 e. The molecule has 0 aromatic rings. The fraction of sp³-hybridized carbons (Fsp3) is 0.778. The second-order valence-corrected chi connectivity index (χ2v) is 3.91. The van der Waals surface area contributed by atoms with Crippen molar-refractivity contribution < 1.29 is 14.7 Å². The highest BCUT2D eigenvalue weighted by Gasteiger charge is 2.29. The standard InChI is InChI=1S/C9H16N2O3/c1-6-4-11(5-7(6)2)9(14)10-3-8(12)13/h6-7H,3-5H2,1-2H3,(H,10,14)(H,12,13). The van der Waals surface area contributed by atoms with Crippen molar-refractivity contribution in [1.29, 1.82) is 0 Å². The number of carboxylic acids is 1. The third-order valence-corrected chi connectivity index (χ3v) is 2.67. The lowest BCUT2D eigenvalue weighted by Gasteiger charge is -2.15. The molecule has 0 radical (unpaired) electrons. The summed E-state index contributed by atoms with van der Waals surface area (Å²) in [4.78, 5) is 23.3. The lowest BCUT2D eigenvalue weighted by atomic mass is 10.0. The number of amides is 2. The minimum atomic E-state index is -1.02. The third kappa shape index (κ3) is 2.61. The van der Waals surface area contributed by atoms with E-state index in [1.807, 2.05) is 0 Å². The van der Waals surface area contributed by atoms with Gasteiger partial charge in [0.25, 0.3) is 0 Å². The first-order chi connectivity index (χ1) is 6.50. The van der Waals surface area contributed by atoms with Gasteiger partial charge in [-0.05, 0) is 11.8 Å². The van der Waals surface area contributed by atoms with Gasteiger partial charge in [-0.25, -0.2) is 4.79 Å². The molecule has 1 aliphatic rings. The lowest BCUT2D eigenvalue weighted by Crippen LogP contribution is -2.40. The molecular formula is C9H16N2O3. The molecule has 1 rings (SSSR count). The predicted octanol–water partition coefficient (Wildman–Crippen LogP) is 0.368. The number of carbonyl (C=O) groups is 2. The van der Waals surface area contributed by atoms with Crippen molar-refractivity contribution in [2.45, 2.75) is 13.8 Å². The summed E-state index contributed by atoms with van der Waals surface area (Å²) in [7, 11) is 0. The normalized spacial score (nSPS) is 26.3. The zero-order valence-electron chi connectivity index (χ0n) is 8.49. The van der Waals surface area contributed by atoms with Crippen molar-refractivity contribution in [2.24, 2.45) is 11.8 Å². The van der Waals surface area contributed by atoms with Gasteiger partial charge in [0.05, 0.1) is 0 Å². The SMILES string of the molecule is CC1CN(C(=O)NCC(=O)O)CC1C. The first kappa shape index (κ1) is 10.8. The molecule has 0 aliphatic carbocycles. The Morgan fingerprint density at radius 2 is 1.86 bits per heavy atom. The van der Waals surface area contributed by atoms with Gasteiger partial charge < -0.3 is 15.3 Å². The Bertz CT molecular complexity index is 232. The van der Waals surface area contributed by atoms with E-state index in [4.69, 9.17) is 5.11 Å². The lowest BCUT2D eigenvalue weighted by molar-refractivity contribution is -0.135. The molecule has 0 saturated carbocycles. The zero-order valence-corrected chi connectivity index (χ0v) is 8.49. The largest absolute Gasteiger partial charge is 0.480 e. The van der Waals surface area contributed by atoms with E-state index in [1.54, 1.807) is 4.90 Å². The summed E-state index contributed by atoms with van der Waals surface area (Å²) >= 11 is 0. The molecule has 1 saturated heterocycles. The molecule has 5 nitrogen and oxygen atoms in total. The first-order valence-electron chi connectivity index (χ1n) is 4.75. The van der Waals surface area contributed by atoms with Crippen molar-refractivity contribution >= 4 is 12.0 Å². The molecule has 0 spiro atoms. The van der Waals surface area contributed by atoms with Gasteiger partial charge in [0.1, 0.15) is 6.54 Å². The Kier molecular flexibility index (Phi) is 3.33. The summed E-state index contributed by atoms with van der Waals surface area (Å²) in [6, 6.07) is -0.274.